The van der Waals surface area contributed by atoms with Crippen LogP contribution in [0.5, 0.6) is 0 Å². The summed E-state index contributed by atoms with van der Waals surface area (Å²) in [5, 5.41) is 0. The number of hydrogen-bond acceptors (Lipinski definition) is 3. The minimum absolute atomic E-state index is 0.0683. The van der Waals surface area contributed by atoms with Gasteiger partial charge in [-0.25, -0.2) is 35.1 Å². The monoisotopic (exact) mass is 488 g/mol. The molecule has 1 aliphatic heterocycles. The second kappa shape index (κ2) is 7.49. The molecule has 0 unspecified atom stereocenters. The minimum Gasteiger partial charge on any atom is -0.334 e. The lowest BCUT2D eigenvalue weighted by Crippen LogP contribution is -2.57. The molecule has 0 aromatic heterocycles. The van der Waals surface area contributed by atoms with E-state index >= 15 is 4.39 Å². The summed E-state index contributed by atoms with van der Waals surface area (Å²) < 4.78 is 98.8. The van der Waals surface area contributed by atoms with E-state index in [9.17, 15) is 30.8 Å². The number of carbonyl (C=O) groups excluding carboxylic acids is 1. The molecule has 0 radical (unpaired) electrons. The summed E-state index contributed by atoms with van der Waals surface area (Å²) in [6.07, 6.45) is 0.377. The summed E-state index contributed by atoms with van der Waals surface area (Å²) in [7, 11) is -4.01. The molecule has 5 nitrogen and oxygen atoms in total. The molecule has 2 fully saturated rings. The van der Waals surface area contributed by atoms with Crippen LogP contribution in [0.15, 0.2) is 42.5 Å². The van der Waals surface area contributed by atoms with Gasteiger partial charge in [0.15, 0.2) is 0 Å². The number of hydrogen-bond donors (Lipinski definition) is 1. The van der Waals surface area contributed by atoms with Crippen molar-refractivity contribution in [2.24, 2.45) is 5.92 Å². The Bertz CT molecular complexity index is 1220. The van der Waals surface area contributed by atoms with Crippen LogP contribution >= 0.6 is 0 Å². The van der Waals surface area contributed by atoms with Crippen molar-refractivity contribution in [1.82, 2.24) is 9.62 Å². The van der Waals surface area contributed by atoms with Gasteiger partial charge in [-0.2, -0.15) is 0 Å². The molecule has 1 heterocycles. The third kappa shape index (κ3) is 4.01. The molecule has 1 amide bonds. The average molecular weight is 488 g/mol. The molecule has 1 N–H and O–H groups in total. The van der Waals surface area contributed by atoms with Crippen molar-refractivity contribution < 1.29 is 35.2 Å². The number of halogens is 5. The van der Waals surface area contributed by atoms with Crippen molar-refractivity contribution >= 4 is 15.9 Å². The summed E-state index contributed by atoms with van der Waals surface area (Å²) in [5.41, 5.74) is -5.18. The first kappa shape index (κ1) is 23.6. The average Bonchev–Trinajstić information content (AvgIpc) is 3.31. The highest BCUT2D eigenvalue weighted by Gasteiger charge is 2.66. The Hall–Kier alpha value is -2.53. The van der Waals surface area contributed by atoms with E-state index in [0.29, 0.717) is 0 Å². The summed E-state index contributed by atoms with van der Waals surface area (Å²) in [5.74, 6) is -7.66. The second-order valence-electron chi connectivity index (χ2n) is 8.87. The summed E-state index contributed by atoms with van der Waals surface area (Å²) in [6.45, 7) is -0.754. The summed E-state index contributed by atoms with van der Waals surface area (Å²) >= 11 is 0. The van der Waals surface area contributed by atoms with Crippen LogP contribution in [-0.4, -0.2) is 50.0 Å². The van der Waals surface area contributed by atoms with Crippen LogP contribution < -0.4 is 4.72 Å². The van der Waals surface area contributed by atoms with Gasteiger partial charge in [0, 0.05) is 13.0 Å². The van der Waals surface area contributed by atoms with Gasteiger partial charge in [-0.05, 0) is 30.2 Å². The van der Waals surface area contributed by atoms with E-state index in [-0.39, 0.29) is 17.5 Å². The summed E-state index contributed by atoms with van der Waals surface area (Å²) in [4.78, 5) is 13.7. The molecule has 2 aliphatic rings. The van der Waals surface area contributed by atoms with Crippen molar-refractivity contribution in [3.8, 4) is 11.1 Å². The number of sulfonamides is 1. The van der Waals surface area contributed by atoms with E-state index < -0.39 is 69.3 Å². The molecule has 2 aromatic carbocycles. The quantitative estimate of drug-likeness (QED) is 0.655. The number of likely N-dealkylation sites (tertiary alicyclic amines) is 1. The minimum atomic E-state index is -4.01. The predicted octanol–water partition coefficient (Wildman–Crippen LogP) is 3.60. The Balaban J connectivity index is 1.63. The molecule has 0 bridgehead atoms. The number of rotatable bonds is 5. The molecular weight excluding hydrogens is 467 g/mol. The predicted molar refractivity (Wildman–Crippen MR) is 111 cm³/mol. The van der Waals surface area contributed by atoms with Crippen molar-refractivity contribution in [1.29, 1.82) is 0 Å². The highest BCUT2D eigenvalue weighted by molar-refractivity contribution is 7.88. The Kier molecular flexibility index (Phi) is 5.36. The molecule has 4 rings (SSSR count). The van der Waals surface area contributed by atoms with Gasteiger partial charge in [0.1, 0.15) is 22.8 Å². The zero-order chi connectivity index (χ0) is 24.4. The van der Waals surface area contributed by atoms with E-state index in [1.165, 1.54) is 30.3 Å². The fourth-order valence-corrected chi connectivity index (χ4v) is 5.53. The summed E-state index contributed by atoms with van der Waals surface area (Å²) in [6, 6.07) is 8.78. The maximum absolute atomic E-state index is 15.9. The number of nitrogens with one attached hydrogen (secondary N) is 1. The van der Waals surface area contributed by atoms with Crippen LogP contribution in [0, 0.1) is 17.6 Å². The Morgan fingerprint density at radius 2 is 1.64 bits per heavy atom. The normalized spacial score (nSPS) is 28.7. The van der Waals surface area contributed by atoms with Crippen LogP contribution in [0.4, 0.5) is 22.0 Å². The largest absolute Gasteiger partial charge is 0.334 e. The number of carbonyl (C=O) groups is 1. The van der Waals surface area contributed by atoms with E-state index in [0.717, 1.165) is 30.2 Å². The SMILES string of the molecule is C[C@]1(NS(C)(=O)=O)CN(C(=O)[C@@H]2C[C@@]2(F)c2ccccc2-c2c(F)cccc2F)CC1(F)F. The van der Waals surface area contributed by atoms with Gasteiger partial charge in [0.2, 0.25) is 15.9 Å². The van der Waals surface area contributed by atoms with Gasteiger partial charge in [0.05, 0.1) is 24.3 Å². The molecule has 0 spiro atoms. The lowest BCUT2D eigenvalue weighted by Gasteiger charge is -2.29. The van der Waals surface area contributed by atoms with E-state index in [1.54, 1.807) is 0 Å². The first-order chi connectivity index (χ1) is 15.2. The first-order valence-electron chi connectivity index (χ1n) is 10.1. The Morgan fingerprint density at radius 3 is 2.24 bits per heavy atom. The number of nitrogens with zero attached hydrogens (tertiary/aromatic N) is 1. The topological polar surface area (TPSA) is 66.5 Å². The molecule has 2 aromatic rings. The van der Waals surface area contributed by atoms with Crippen molar-refractivity contribution in [2.45, 2.75) is 30.5 Å². The van der Waals surface area contributed by atoms with Gasteiger partial charge >= 0.3 is 0 Å². The van der Waals surface area contributed by atoms with Crippen LogP contribution in [0.25, 0.3) is 11.1 Å². The van der Waals surface area contributed by atoms with Crippen molar-refractivity contribution in [2.75, 3.05) is 19.3 Å². The van der Waals surface area contributed by atoms with Crippen molar-refractivity contribution in [3.05, 3.63) is 59.7 Å². The number of amides is 1. The third-order valence-corrected chi connectivity index (χ3v) is 7.05. The number of benzene rings is 2. The third-order valence-electron chi connectivity index (χ3n) is 6.22. The second-order valence-corrected chi connectivity index (χ2v) is 10.6. The molecular formula is C22H21F5N2O3S. The molecule has 1 aliphatic carbocycles. The fourth-order valence-electron chi connectivity index (χ4n) is 4.50. The van der Waals surface area contributed by atoms with Gasteiger partial charge < -0.3 is 4.90 Å². The van der Waals surface area contributed by atoms with Crippen LogP contribution in [-0.2, 0) is 20.5 Å². The van der Waals surface area contributed by atoms with Crippen LogP contribution in [0.1, 0.15) is 18.9 Å². The molecule has 178 valence electrons. The number of alkyl halides is 3. The van der Waals surface area contributed by atoms with E-state index in [2.05, 4.69) is 0 Å². The first-order valence-corrected chi connectivity index (χ1v) is 12.0. The van der Waals surface area contributed by atoms with Crippen molar-refractivity contribution in [3.63, 3.8) is 0 Å². The van der Waals surface area contributed by atoms with Crippen LogP contribution in [0.2, 0.25) is 0 Å². The lowest BCUT2D eigenvalue weighted by molar-refractivity contribution is -0.134. The molecule has 33 heavy (non-hydrogen) atoms. The zero-order valence-corrected chi connectivity index (χ0v) is 18.5. The van der Waals surface area contributed by atoms with E-state index in [4.69, 9.17) is 0 Å². The highest BCUT2D eigenvalue weighted by atomic mass is 32.2. The standard InChI is InChI=1S/C22H21F5N2O3S/c1-20(28-33(2,31)32)11-29(12-22(20,26)27)19(30)15-10-21(15,25)14-7-4-3-6-13(14)18-16(23)8-5-9-17(18)24/h3-9,15,28H,10-12H2,1-2H3/t15-,20-,21+/m0/s1. The molecule has 3 atom stereocenters. The highest BCUT2D eigenvalue weighted by Crippen LogP contribution is 2.59. The van der Waals surface area contributed by atoms with Gasteiger partial charge in [-0.1, -0.05) is 30.3 Å². The maximum atomic E-state index is 15.9. The molecule has 11 heteroatoms. The fraction of sp³-hybridized carbons (Fsp3) is 0.409. The smallest absolute Gasteiger partial charge is 0.285 e. The van der Waals surface area contributed by atoms with Crippen LogP contribution in [0.3, 0.4) is 0 Å². The molecule has 1 saturated carbocycles. The maximum Gasteiger partial charge on any atom is 0.285 e. The van der Waals surface area contributed by atoms with E-state index in [1.807, 2.05) is 4.72 Å². The van der Waals surface area contributed by atoms with Gasteiger partial charge in [-0.15, -0.1) is 0 Å². The van der Waals surface area contributed by atoms with Gasteiger partial charge in [0.25, 0.3) is 5.92 Å². The Labute approximate surface area is 187 Å². The molecule has 1 saturated heterocycles. The zero-order valence-electron chi connectivity index (χ0n) is 17.7. The van der Waals surface area contributed by atoms with Gasteiger partial charge in [-0.3, -0.25) is 4.79 Å². The lowest BCUT2D eigenvalue weighted by atomic mass is 9.93. The Morgan fingerprint density at radius 1 is 1.03 bits per heavy atom.